The minimum Gasteiger partial charge on any atom is -0.389 e. The van der Waals surface area contributed by atoms with E-state index in [9.17, 15) is 4.79 Å². The SMILES string of the molecule is CN(Cc1cccc(Br)c1)C(=O)c1cccc(C(N)=S)c1. The van der Waals surface area contributed by atoms with Crippen LogP contribution in [-0.4, -0.2) is 22.8 Å². The maximum absolute atomic E-state index is 12.4. The standard InChI is InChI=1S/C16H15BrN2OS/c1-19(10-11-4-2-7-14(17)8-11)16(20)13-6-3-5-12(9-13)15(18)21/h2-9H,10H2,1H3,(H2,18,21). The van der Waals surface area contributed by atoms with Crippen LogP contribution in [0.15, 0.2) is 53.0 Å². The Labute approximate surface area is 137 Å². The van der Waals surface area contributed by atoms with Crippen LogP contribution in [-0.2, 0) is 6.54 Å². The van der Waals surface area contributed by atoms with Crippen LogP contribution < -0.4 is 5.73 Å². The third-order valence-corrected chi connectivity index (χ3v) is 3.78. The quantitative estimate of drug-likeness (QED) is 0.848. The summed E-state index contributed by atoms with van der Waals surface area (Å²) in [5.41, 5.74) is 7.94. The normalized spacial score (nSPS) is 10.2. The van der Waals surface area contributed by atoms with Crippen molar-refractivity contribution in [1.82, 2.24) is 4.90 Å². The van der Waals surface area contributed by atoms with Crippen molar-refractivity contribution >= 4 is 39.0 Å². The molecule has 0 saturated carbocycles. The largest absolute Gasteiger partial charge is 0.389 e. The van der Waals surface area contributed by atoms with E-state index in [0.717, 1.165) is 10.0 Å². The molecule has 0 aromatic heterocycles. The predicted octanol–water partition coefficient (Wildman–Crippen LogP) is 3.36. The summed E-state index contributed by atoms with van der Waals surface area (Å²) in [6.07, 6.45) is 0. The van der Waals surface area contributed by atoms with Crippen LogP contribution in [0.5, 0.6) is 0 Å². The van der Waals surface area contributed by atoms with E-state index >= 15 is 0 Å². The molecule has 0 atom stereocenters. The predicted molar refractivity (Wildman–Crippen MR) is 92.3 cm³/mol. The van der Waals surface area contributed by atoms with Gasteiger partial charge in [-0.2, -0.15) is 0 Å². The lowest BCUT2D eigenvalue weighted by Gasteiger charge is -2.18. The van der Waals surface area contributed by atoms with Crippen molar-refractivity contribution in [3.8, 4) is 0 Å². The lowest BCUT2D eigenvalue weighted by atomic mass is 10.1. The van der Waals surface area contributed by atoms with Crippen LogP contribution in [0.1, 0.15) is 21.5 Å². The number of rotatable bonds is 4. The zero-order valence-electron chi connectivity index (χ0n) is 11.5. The lowest BCUT2D eigenvalue weighted by molar-refractivity contribution is 0.0785. The first-order chi connectivity index (χ1) is 9.97. The average Bonchev–Trinajstić information content (AvgIpc) is 2.46. The number of nitrogens with two attached hydrogens (primary N) is 1. The third kappa shape index (κ3) is 4.12. The van der Waals surface area contributed by atoms with E-state index in [1.807, 2.05) is 24.3 Å². The second kappa shape index (κ2) is 6.83. The molecule has 2 rings (SSSR count). The van der Waals surface area contributed by atoms with Crippen molar-refractivity contribution in [2.24, 2.45) is 5.73 Å². The molecule has 5 heteroatoms. The number of nitrogens with zero attached hydrogens (tertiary/aromatic N) is 1. The zero-order chi connectivity index (χ0) is 15.4. The Morgan fingerprint density at radius 1 is 1.19 bits per heavy atom. The van der Waals surface area contributed by atoms with Gasteiger partial charge in [0, 0.05) is 29.2 Å². The van der Waals surface area contributed by atoms with Gasteiger partial charge in [0.2, 0.25) is 0 Å². The van der Waals surface area contributed by atoms with E-state index in [1.54, 1.807) is 36.2 Å². The van der Waals surface area contributed by atoms with Gasteiger partial charge in [-0.25, -0.2) is 0 Å². The summed E-state index contributed by atoms with van der Waals surface area (Å²) >= 11 is 8.37. The highest BCUT2D eigenvalue weighted by Crippen LogP contribution is 2.15. The molecule has 0 unspecified atom stereocenters. The van der Waals surface area contributed by atoms with E-state index < -0.39 is 0 Å². The maximum Gasteiger partial charge on any atom is 0.253 e. The zero-order valence-corrected chi connectivity index (χ0v) is 13.9. The minimum atomic E-state index is -0.0620. The molecule has 2 aromatic carbocycles. The van der Waals surface area contributed by atoms with Crippen molar-refractivity contribution in [3.05, 3.63) is 69.7 Å². The van der Waals surface area contributed by atoms with Crippen LogP contribution in [0, 0.1) is 0 Å². The molecule has 108 valence electrons. The third-order valence-electron chi connectivity index (χ3n) is 3.05. The average molecular weight is 363 g/mol. The summed E-state index contributed by atoms with van der Waals surface area (Å²) in [6.45, 7) is 0.537. The fourth-order valence-electron chi connectivity index (χ4n) is 2.01. The van der Waals surface area contributed by atoms with Gasteiger partial charge in [0.15, 0.2) is 0 Å². The van der Waals surface area contributed by atoms with Crippen molar-refractivity contribution in [1.29, 1.82) is 0 Å². The van der Waals surface area contributed by atoms with Crippen LogP contribution in [0.3, 0.4) is 0 Å². The summed E-state index contributed by atoms with van der Waals surface area (Å²) in [6, 6.07) is 15.0. The van der Waals surface area contributed by atoms with Crippen LogP contribution in [0.25, 0.3) is 0 Å². The van der Waals surface area contributed by atoms with Crippen LogP contribution in [0.2, 0.25) is 0 Å². The van der Waals surface area contributed by atoms with E-state index in [0.29, 0.717) is 22.7 Å². The number of thiocarbonyl (C=S) groups is 1. The van der Waals surface area contributed by atoms with E-state index in [-0.39, 0.29) is 5.91 Å². The summed E-state index contributed by atoms with van der Waals surface area (Å²) < 4.78 is 0.997. The van der Waals surface area contributed by atoms with E-state index in [4.69, 9.17) is 18.0 Å². The van der Waals surface area contributed by atoms with Gasteiger partial charge in [-0.1, -0.05) is 52.4 Å². The molecule has 0 saturated heterocycles. The number of carbonyl (C=O) groups is 1. The molecule has 0 spiro atoms. The highest BCUT2D eigenvalue weighted by Gasteiger charge is 2.13. The van der Waals surface area contributed by atoms with Gasteiger partial charge in [-0.3, -0.25) is 4.79 Å². The fourth-order valence-corrected chi connectivity index (χ4v) is 2.58. The monoisotopic (exact) mass is 362 g/mol. The summed E-state index contributed by atoms with van der Waals surface area (Å²) in [5.74, 6) is -0.0620. The van der Waals surface area contributed by atoms with Crippen molar-refractivity contribution in [2.45, 2.75) is 6.54 Å². The van der Waals surface area contributed by atoms with Crippen molar-refractivity contribution < 1.29 is 4.79 Å². The summed E-state index contributed by atoms with van der Waals surface area (Å²) in [7, 11) is 1.77. The van der Waals surface area contributed by atoms with Gasteiger partial charge in [0.05, 0.1) is 0 Å². The van der Waals surface area contributed by atoms with Crippen LogP contribution >= 0.6 is 28.1 Å². The fraction of sp³-hybridized carbons (Fsp3) is 0.125. The first-order valence-corrected chi connectivity index (χ1v) is 7.57. The van der Waals surface area contributed by atoms with E-state index in [2.05, 4.69) is 15.9 Å². The Kier molecular flexibility index (Phi) is 5.09. The van der Waals surface area contributed by atoms with Gasteiger partial charge < -0.3 is 10.6 Å². The van der Waals surface area contributed by atoms with Gasteiger partial charge in [-0.05, 0) is 29.8 Å². The van der Waals surface area contributed by atoms with Crippen molar-refractivity contribution in [2.75, 3.05) is 7.05 Å². The minimum absolute atomic E-state index is 0.0620. The first-order valence-electron chi connectivity index (χ1n) is 6.37. The number of hydrogen-bond donors (Lipinski definition) is 1. The number of benzene rings is 2. The molecule has 0 fully saturated rings. The number of hydrogen-bond acceptors (Lipinski definition) is 2. The topological polar surface area (TPSA) is 46.3 Å². The molecule has 0 heterocycles. The van der Waals surface area contributed by atoms with Gasteiger partial charge in [0.1, 0.15) is 4.99 Å². The van der Waals surface area contributed by atoms with Crippen LogP contribution in [0.4, 0.5) is 0 Å². The summed E-state index contributed by atoms with van der Waals surface area (Å²) in [5, 5.41) is 0. The number of halogens is 1. The smallest absolute Gasteiger partial charge is 0.253 e. The molecule has 21 heavy (non-hydrogen) atoms. The van der Waals surface area contributed by atoms with Gasteiger partial charge in [-0.15, -0.1) is 0 Å². The van der Waals surface area contributed by atoms with Crippen molar-refractivity contribution in [3.63, 3.8) is 0 Å². The first kappa shape index (κ1) is 15.7. The van der Waals surface area contributed by atoms with Gasteiger partial charge in [0.25, 0.3) is 5.91 Å². The number of amides is 1. The number of carbonyl (C=O) groups excluding carboxylic acids is 1. The second-order valence-corrected chi connectivity index (χ2v) is 6.09. The molecule has 1 amide bonds. The molecule has 2 N–H and O–H groups in total. The lowest BCUT2D eigenvalue weighted by Crippen LogP contribution is -2.26. The molecule has 0 radical (unpaired) electrons. The molecular formula is C16H15BrN2OS. The summed E-state index contributed by atoms with van der Waals surface area (Å²) in [4.78, 5) is 14.4. The Morgan fingerprint density at radius 2 is 1.86 bits per heavy atom. The maximum atomic E-state index is 12.4. The molecule has 2 aromatic rings. The molecular weight excluding hydrogens is 348 g/mol. The molecule has 0 bridgehead atoms. The van der Waals surface area contributed by atoms with Gasteiger partial charge >= 0.3 is 0 Å². The molecule has 0 aliphatic carbocycles. The van der Waals surface area contributed by atoms with E-state index in [1.165, 1.54) is 0 Å². The Hall–Kier alpha value is -1.72. The Bertz CT molecular complexity index is 687. The second-order valence-electron chi connectivity index (χ2n) is 4.74. The highest BCUT2D eigenvalue weighted by atomic mass is 79.9. The molecule has 3 nitrogen and oxygen atoms in total. The Morgan fingerprint density at radius 3 is 2.52 bits per heavy atom. The highest BCUT2D eigenvalue weighted by molar-refractivity contribution is 9.10. The molecule has 0 aliphatic rings. The molecule has 0 aliphatic heterocycles. The Balaban J connectivity index is 2.15.